The molecule has 0 fully saturated rings. The molecule has 8 nitrogen and oxygen atoms in total. The Balaban J connectivity index is 1.98. The van der Waals surface area contributed by atoms with Crippen LogP contribution in [-0.2, 0) is 23.0 Å². The topological polar surface area (TPSA) is 91.7 Å². The van der Waals surface area contributed by atoms with Crippen LogP contribution in [0.1, 0.15) is 35.5 Å². The number of methoxy groups -OCH3 is 3. The van der Waals surface area contributed by atoms with Crippen molar-refractivity contribution in [2.75, 3.05) is 21.3 Å². The summed E-state index contributed by atoms with van der Waals surface area (Å²) in [4.78, 5) is 24.9. The summed E-state index contributed by atoms with van der Waals surface area (Å²) in [7, 11) is 6.27. The van der Waals surface area contributed by atoms with E-state index in [0.29, 0.717) is 23.6 Å². The first-order valence-electron chi connectivity index (χ1n) is 9.02. The number of aryl methyl sites for hydroxylation is 1. The number of nitrogens with zero attached hydrogens (tertiary/aromatic N) is 2. The summed E-state index contributed by atoms with van der Waals surface area (Å²) >= 11 is 0. The molecule has 1 heterocycles. The average molecular weight is 387 g/mol. The second-order valence-corrected chi connectivity index (χ2v) is 7.06. The van der Waals surface area contributed by atoms with E-state index in [1.165, 1.54) is 7.11 Å². The van der Waals surface area contributed by atoms with E-state index in [2.05, 4.69) is 10.4 Å². The van der Waals surface area contributed by atoms with Crippen molar-refractivity contribution in [1.82, 2.24) is 15.1 Å². The number of rotatable bonds is 6. The van der Waals surface area contributed by atoms with Crippen LogP contribution < -0.4 is 14.8 Å². The Morgan fingerprint density at radius 1 is 1.14 bits per heavy atom. The first-order valence-corrected chi connectivity index (χ1v) is 9.02. The molecule has 1 atom stereocenters. The molecule has 3 rings (SSSR count). The maximum absolute atomic E-state index is 12.9. The number of carbonyl (C=O) groups excluding carboxylic acids is 2. The minimum Gasteiger partial charge on any atom is -0.493 e. The molecular weight excluding hydrogens is 362 g/mol. The predicted octanol–water partition coefficient (Wildman–Crippen LogP) is 1.94. The van der Waals surface area contributed by atoms with E-state index >= 15 is 0 Å². The maximum Gasteiger partial charge on any atom is 0.328 e. The Morgan fingerprint density at radius 2 is 1.79 bits per heavy atom. The van der Waals surface area contributed by atoms with Crippen LogP contribution in [0.3, 0.4) is 0 Å². The molecule has 0 saturated heterocycles. The zero-order valence-corrected chi connectivity index (χ0v) is 17.0. The highest BCUT2D eigenvalue weighted by molar-refractivity contribution is 5.99. The number of esters is 1. The molecule has 0 unspecified atom stereocenters. The maximum atomic E-state index is 12.9. The second-order valence-electron chi connectivity index (χ2n) is 7.06. The fourth-order valence-electron chi connectivity index (χ4n) is 3.57. The van der Waals surface area contributed by atoms with Crippen molar-refractivity contribution in [2.45, 2.75) is 26.3 Å². The van der Waals surface area contributed by atoms with Gasteiger partial charge in [-0.25, -0.2) is 4.79 Å². The monoisotopic (exact) mass is 387 g/mol. The minimum atomic E-state index is -0.737. The SMILES string of the molecule is COC(=O)[C@H](NC(=O)c1nn(C)c2c1Cc1cc(OC)c(OC)cc1-2)C(C)C. The zero-order valence-electron chi connectivity index (χ0n) is 17.0. The molecule has 1 N–H and O–H groups in total. The van der Waals surface area contributed by atoms with Crippen molar-refractivity contribution in [3.05, 3.63) is 29.0 Å². The van der Waals surface area contributed by atoms with Gasteiger partial charge < -0.3 is 19.5 Å². The Kier molecular flexibility index (Phi) is 5.31. The highest BCUT2D eigenvalue weighted by Crippen LogP contribution is 2.43. The Morgan fingerprint density at radius 3 is 2.36 bits per heavy atom. The van der Waals surface area contributed by atoms with Crippen LogP contribution in [0.2, 0.25) is 0 Å². The van der Waals surface area contributed by atoms with Gasteiger partial charge in [-0.3, -0.25) is 9.48 Å². The van der Waals surface area contributed by atoms with Gasteiger partial charge in [-0.2, -0.15) is 5.10 Å². The molecule has 1 aromatic heterocycles. The molecule has 8 heteroatoms. The number of benzene rings is 1. The molecule has 0 saturated carbocycles. The van der Waals surface area contributed by atoms with Crippen molar-refractivity contribution in [2.24, 2.45) is 13.0 Å². The van der Waals surface area contributed by atoms with Gasteiger partial charge in [0.05, 0.1) is 27.0 Å². The normalized spacial score (nSPS) is 13.0. The first-order chi connectivity index (χ1) is 13.3. The van der Waals surface area contributed by atoms with E-state index in [-0.39, 0.29) is 5.92 Å². The lowest BCUT2D eigenvalue weighted by molar-refractivity contribution is -0.144. The lowest BCUT2D eigenvalue weighted by atomic mass is 10.0. The van der Waals surface area contributed by atoms with E-state index in [1.54, 1.807) is 25.9 Å². The van der Waals surface area contributed by atoms with Gasteiger partial charge in [-0.1, -0.05) is 13.8 Å². The summed E-state index contributed by atoms with van der Waals surface area (Å²) in [5, 5.41) is 7.17. The number of fused-ring (bicyclic) bond motifs is 3. The van der Waals surface area contributed by atoms with Crippen LogP contribution in [0.15, 0.2) is 12.1 Å². The van der Waals surface area contributed by atoms with Crippen LogP contribution in [0.25, 0.3) is 11.3 Å². The summed E-state index contributed by atoms with van der Waals surface area (Å²) < 4.78 is 17.3. The van der Waals surface area contributed by atoms with Gasteiger partial charge in [-0.15, -0.1) is 0 Å². The molecule has 0 aliphatic heterocycles. The van der Waals surface area contributed by atoms with Gasteiger partial charge in [0.15, 0.2) is 17.2 Å². The molecular formula is C20H25N3O5. The number of nitrogens with one attached hydrogen (secondary N) is 1. The van der Waals surface area contributed by atoms with E-state index in [9.17, 15) is 9.59 Å². The summed E-state index contributed by atoms with van der Waals surface area (Å²) in [6.07, 6.45) is 0.548. The molecule has 150 valence electrons. The van der Waals surface area contributed by atoms with Gasteiger partial charge in [-0.05, 0) is 23.6 Å². The number of hydrogen-bond donors (Lipinski definition) is 1. The minimum absolute atomic E-state index is 0.112. The molecule has 28 heavy (non-hydrogen) atoms. The highest BCUT2D eigenvalue weighted by Gasteiger charge is 2.33. The predicted molar refractivity (Wildman–Crippen MR) is 103 cm³/mol. The quantitative estimate of drug-likeness (QED) is 0.650. The van der Waals surface area contributed by atoms with Crippen LogP contribution >= 0.6 is 0 Å². The van der Waals surface area contributed by atoms with Crippen LogP contribution in [0, 0.1) is 5.92 Å². The van der Waals surface area contributed by atoms with Crippen molar-refractivity contribution in [3.63, 3.8) is 0 Å². The van der Waals surface area contributed by atoms with Crippen molar-refractivity contribution < 1.29 is 23.8 Å². The van der Waals surface area contributed by atoms with Crippen LogP contribution in [0.4, 0.5) is 0 Å². The molecule has 1 aromatic carbocycles. The van der Waals surface area contributed by atoms with Gasteiger partial charge in [0.25, 0.3) is 5.91 Å². The first kappa shape index (κ1) is 19.7. The Labute approximate surface area is 163 Å². The van der Waals surface area contributed by atoms with Crippen molar-refractivity contribution in [1.29, 1.82) is 0 Å². The van der Waals surface area contributed by atoms with Gasteiger partial charge in [0.2, 0.25) is 0 Å². The van der Waals surface area contributed by atoms with Gasteiger partial charge in [0.1, 0.15) is 6.04 Å². The van der Waals surface area contributed by atoms with E-state index in [4.69, 9.17) is 14.2 Å². The number of ether oxygens (including phenoxy) is 3. The van der Waals surface area contributed by atoms with E-state index in [0.717, 1.165) is 22.4 Å². The third kappa shape index (κ3) is 3.19. The lowest BCUT2D eigenvalue weighted by Gasteiger charge is -2.19. The van der Waals surface area contributed by atoms with E-state index in [1.807, 2.05) is 26.0 Å². The fourth-order valence-corrected chi connectivity index (χ4v) is 3.57. The average Bonchev–Trinajstić information content (AvgIpc) is 3.20. The zero-order chi connectivity index (χ0) is 20.6. The third-order valence-electron chi connectivity index (χ3n) is 5.00. The molecule has 0 spiro atoms. The summed E-state index contributed by atoms with van der Waals surface area (Å²) in [6, 6.07) is 3.08. The van der Waals surface area contributed by atoms with Crippen molar-refractivity contribution >= 4 is 11.9 Å². The van der Waals surface area contributed by atoms with Gasteiger partial charge >= 0.3 is 5.97 Å². The third-order valence-corrected chi connectivity index (χ3v) is 5.00. The summed E-state index contributed by atoms with van der Waals surface area (Å²) in [5.74, 6) is 0.269. The standard InChI is InChI=1S/C20H25N3O5/c1-10(2)16(20(25)28-6)21-19(24)17-13-7-11-8-14(26-4)15(27-5)9-12(11)18(13)23(3)22-17/h8-10,16H,7H2,1-6H3,(H,21,24)/t16-/m1/s1. The number of amides is 1. The molecule has 1 aliphatic rings. The number of hydrogen-bond acceptors (Lipinski definition) is 6. The van der Waals surface area contributed by atoms with Crippen LogP contribution in [-0.4, -0.2) is 49.0 Å². The second kappa shape index (κ2) is 7.53. The summed E-state index contributed by atoms with van der Waals surface area (Å²) in [5.41, 5.74) is 3.97. The fraction of sp³-hybridized carbons (Fsp3) is 0.450. The molecule has 1 amide bonds. The molecule has 2 aromatic rings. The lowest BCUT2D eigenvalue weighted by Crippen LogP contribution is -2.45. The number of aromatic nitrogens is 2. The van der Waals surface area contributed by atoms with Crippen LogP contribution in [0.5, 0.6) is 11.5 Å². The Bertz CT molecular complexity index is 932. The van der Waals surface area contributed by atoms with Crippen molar-refractivity contribution in [3.8, 4) is 22.8 Å². The summed E-state index contributed by atoms with van der Waals surface area (Å²) in [6.45, 7) is 3.69. The van der Waals surface area contributed by atoms with E-state index < -0.39 is 17.9 Å². The Hall–Kier alpha value is -3.03. The highest BCUT2D eigenvalue weighted by atomic mass is 16.5. The molecule has 0 bridgehead atoms. The smallest absolute Gasteiger partial charge is 0.328 e. The molecule has 0 radical (unpaired) electrons. The number of carbonyl (C=O) groups is 2. The largest absolute Gasteiger partial charge is 0.493 e. The molecule has 1 aliphatic carbocycles. The van der Waals surface area contributed by atoms with Gasteiger partial charge in [0, 0.05) is 24.6 Å².